The van der Waals surface area contributed by atoms with E-state index in [1.807, 2.05) is 0 Å². The van der Waals surface area contributed by atoms with Gasteiger partial charge in [0.05, 0.1) is 13.2 Å². The van der Waals surface area contributed by atoms with Crippen molar-refractivity contribution >= 4 is 19.7 Å². The molecule has 0 aliphatic heterocycles. The van der Waals surface area contributed by atoms with Crippen molar-refractivity contribution in [2.45, 2.75) is 193 Å². The fourth-order valence-electron chi connectivity index (χ4n) is 5.72. The highest BCUT2D eigenvalue weighted by Gasteiger charge is 2.23. The molecule has 0 aliphatic carbocycles. The summed E-state index contributed by atoms with van der Waals surface area (Å²) >= 11 is 0. The van der Waals surface area contributed by atoms with Crippen molar-refractivity contribution in [1.29, 1.82) is 0 Å². The third kappa shape index (κ3) is 41.1. The molecule has 2 unspecified atom stereocenters. The number of amides is 1. The molecule has 314 valence electrons. The average Bonchev–Trinajstić information content (AvgIpc) is 3.16. The molecule has 0 aliphatic rings. The van der Waals surface area contributed by atoms with Gasteiger partial charge in [-0.1, -0.05) is 165 Å². The Morgan fingerprint density at radius 3 is 1.54 bits per heavy atom. The molecule has 9 nitrogen and oxygen atoms in total. The van der Waals surface area contributed by atoms with Crippen LogP contribution in [0.15, 0.2) is 48.6 Å². The van der Waals surface area contributed by atoms with E-state index >= 15 is 0 Å². The number of hydrogen-bond acceptors (Lipinski definition) is 7. The average molecular weight is 782 g/mol. The summed E-state index contributed by atoms with van der Waals surface area (Å²) in [6.07, 6.45) is 46.1. The second kappa shape index (κ2) is 40.6. The predicted octanol–water partition coefficient (Wildman–Crippen LogP) is 11.9. The molecule has 2 atom stereocenters. The summed E-state index contributed by atoms with van der Waals surface area (Å²) in [5.74, 6) is -0.546. The first kappa shape index (κ1) is 52.0. The van der Waals surface area contributed by atoms with Crippen LogP contribution in [0.5, 0.6) is 0 Å². The molecule has 0 spiro atoms. The third-order valence-corrected chi connectivity index (χ3v) is 10.00. The molecule has 0 aromatic heterocycles. The van der Waals surface area contributed by atoms with E-state index in [0.29, 0.717) is 12.8 Å². The Morgan fingerprint density at radius 1 is 0.574 bits per heavy atom. The van der Waals surface area contributed by atoms with E-state index in [1.165, 1.54) is 96.3 Å². The number of phosphoric acid groups is 1. The number of carbonyl (C=O) groups is 2. The monoisotopic (exact) mass is 782 g/mol. The largest absolute Gasteiger partial charge is 0.472 e. The maximum atomic E-state index is 12.1. The minimum atomic E-state index is -4.42. The van der Waals surface area contributed by atoms with Gasteiger partial charge in [0.15, 0.2) is 0 Å². The fourth-order valence-corrected chi connectivity index (χ4v) is 6.47. The molecular formula is C44H80NO8P. The lowest BCUT2D eigenvalue weighted by molar-refractivity contribution is -0.147. The van der Waals surface area contributed by atoms with Crippen LogP contribution in [0.1, 0.15) is 187 Å². The van der Waals surface area contributed by atoms with E-state index in [4.69, 9.17) is 13.8 Å². The Morgan fingerprint density at radius 2 is 1.00 bits per heavy atom. The smallest absolute Gasteiger partial charge is 0.463 e. The summed E-state index contributed by atoms with van der Waals surface area (Å²) in [5.41, 5.74) is 0. The number of ether oxygens (including phenoxy) is 1. The first-order chi connectivity index (χ1) is 26.3. The minimum absolute atomic E-state index is 0.0784. The van der Waals surface area contributed by atoms with Crippen LogP contribution in [0.2, 0.25) is 0 Å². The first-order valence-corrected chi connectivity index (χ1v) is 23.1. The van der Waals surface area contributed by atoms with Crippen LogP contribution in [0.3, 0.4) is 0 Å². The van der Waals surface area contributed by atoms with Crippen LogP contribution in [0.4, 0.5) is 0 Å². The van der Waals surface area contributed by atoms with Crippen LogP contribution in [-0.2, 0) is 27.9 Å². The zero-order chi connectivity index (χ0) is 39.6. The third-order valence-electron chi connectivity index (χ3n) is 9.01. The lowest BCUT2D eigenvalue weighted by Gasteiger charge is -2.15. The topological polar surface area (TPSA) is 131 Å². The van der Waals surface area contributed by atoms with Gasteiger partial charge in [0.1, 0.15) is 12.7 Å². The molecule has 54 heavy (non-hydrogen) atoms. The highest BCUT2D eigenvalue weighted by molar-refractivity contribution is 7.47. The highest BCUT2D eigenvalue weighted by Crippen LogP contribution is 2.42. The van der Waals surface area contributed by atoms with Crippen molar-refractivity contribution in [1.82, 2.24) is 5.32 Å². The number of aliphatic hydroxyl groups is 1. The number of phosphoric ester groups is 1. The lowest BCUT2D eigenvalue weighted by atomic mass is 10.0. The molecule has 10 heteroatoms. The molecule has 0 saturated carbocycles. The molecule has 0 saturated heterocycles. The number of hydrogen-bond donors (Lipinski definition) is 3. The molecule has 0 radical (unpaired) electrons. The molecule has 0 aromatic rings. The SMILES string of the molecule is CCCCC/C=C\C/C=C\C/C=C\C/C=C\CCCCCC(=O)OCC(O)COP(=O)(O)OCCNC(=O)CCCCCCCCCCCCCCCC. The van der Waals surface area contributed by atoms with E-state index in [0.717, 1.165) is 57.8 Å². The van der Waals surface area contributed by atoms with Crippen molar-refractivity contribution in [3.05, 3.63) is 48.6 Å². The number of carbonyl (C=O) groups excluding carboxylic acids is 2. The predicted molar refractivity (Wildman–Crippen MR) is 224 cm³/mol. The normalized spacial score (nSPS) is 13.8. The lowest BCUT2D eigenvalue weighted by Crippen LogP contribution is -2.27. The summed E-state index contributed by atoms with van der Waals surface area (Å²) in [5, 5.41) is 12.7. The highest BCUT2D eigenvalue weighted by atomic mass is 31.2. The van der Waals surface area contributed by atoms with Crippen molar-refractivity contribution in [3.8, 4) is 0 Å². The van der Waals surface area contributed by atoms with Gasteiger partial charge >= 0.3 is 13.8 Å². The van der Waals surface area contributed by atoms with Crippen LogP contribution in [0, 0.1) is 0 Å². The summed E-state index contributed by atoms with van der Waals surface area (Å²) in [6.45, 7) is 3.49. The molecule has 0 rings (SSSR count). The van der Waals surface area contributed by atoms with Crippen LogP contribution >= 0.6 is 7.82 Å². The van der Waals surface area contributed by atoms with E-state index < -0.39 is 26.5 Å². The Labute approximate surface area is 330 Å². The zero-order valence-corrected chi connectivity index (χ0v) is 35.3. The van der Waals surface area contributed by atoms with Crippen molar-refractivity contribution in [3.63, 3.8) is 0 Å². The molecule has 3 N–H and O–H groups in total. The first-order valence-electron chi connectivity index (χ1n) is 21.6. The minimum Gasteiger partial charge on any atom is -0.463 e. The second-order valence-corrected chi connectivity index (χ2v) is 15.8. The Bertz CT molecular complexity index is 1030. The molecule has 1 amide bonds. The van der Waals surface area contributed by atoms with Crippen molar-refractivity contribution < 1.29 is 37.9 Å². The molecule has 0 bridgehead atoms. The van der Waals surface area contributed by atoms with Gasteiger partial charge in [0, 0.05) is 19.4 Å². The maximum absolute atomic E-state index is 12.1. The maximum Gasteiger partial charge on any atom is 0.472 e. The van der Waals surface area contributed by atoms with Gasteiger partial charge in [-0.3, -0.25) is 18.6 Å². The second-order valence-electron chi connectivity index (χ2n) is 14.3. The van der Waals surface area contributed by atoms with Gasteiger partial charge < -0.3 is 20.1 Å². The van der Waals surface area contributed by atoms with Gasteiger partial charge in [-0.25, -0.2) is 4.57 Å². The Kier molecular flexibility index (Phi) is 39.1. The summed E-state index contributed by atoms with van der Waals surface area (Å²) in [6, 6.07) is 0. The fraction of sp³-hybridized carbons (Fsp3) is 0.773. The van der Waals surface area contributed by atoms with E-state index in [-0.39, 0.29) is 32.1 Å². The quantitative estimate of drug-likeness (QED) is 0.0242. The van der Waals surface area contributed by atoms with Gasteiger partial charge in [0.25, 0.3) is 0 Å². The number of aliphatic hydroxyl groups excluding tert-OH is 1. The van der Waals surface area contributed by atoms with E-state index in [9.17, 15) is 24.2 Å². The van der Waals surface area contributed by atoms with Gasteiger partial charge in [0.2, 0.25) is 5.91 Å². The Balaban J connectivity index is 3.66. The number of esters is 1. The number of rotatable bonds is 40. The standard InChI is InChI=1S/C44H80NO8P/c1-3-5-7-9-11-13-15-17-19-20-21-22-23-25-27-29-31-33-35-37-44(48)51-40-42(46)41-53-54(49,50)52-39-38-45-43(47)36-34-32-30-28-26-24-18-16-14-12-10-8-6-4-2/h11,13,17,19,21-22,25,27,42,46H,3-10,12,14-16,18,20,23-24,26,28-41H2,1-2H3,(H,45,47)(H,49,50)/b13-11-,19-17-,22-21-,27-25-. The van der Waals surface area contributed by atoms with Crippen LogP contribution in [-0.4, -0.2) is 54.3 Å². The van der Waals surface area contributed by atoms with Gasteiger partial charge in [-0.15, -0.1) is 0 Å². The summed E-state index contributed by atoms with van der Waals surface area (Å²) in [7, 11) is -4.42. The van der Waals surface area contributed by atoms with Crippen LogP contribution < -0.4 is 5.32 Å². The van der Waals surface area contributed by atoms with Gasteiger partial charge in [-0.05, 0) is 57.8 Å². The summed E-state index contributed by atoms with van der Waals surface area (Å²) < 4.78 is 26.8. The van der Waals surface area contributed by atoms with E-state index in [1.54, 1.807) is 0 Å². The number of unbranched alkanes of at least 4 members (excludes halogenated alkanes) is 19. The molecule has 0 aromatic carbocycles. The van der Waals surface area contributed by atoms with Crippen molar-refractivity contribution in [2.75, 3.05) is 26.4 Å². The van der Waals surface area contributed by atoms with E-state index in [2.05, 4.69) is 67.8 Å². The number of nitrogens with one attached hydrogen (secondary N) is 1. The molecular weight excluding hydrogens is 701 g/mol. The van der Waals surface area contributed by atoms with Crippen LogP contribution in [0.25, 0.3) is 0 Å². The Hall–Kier alpha value is -2.03. The van der Waals surface area contributed by atoms with Crippen molar-refractivity contribution in [2.24, 2.45) is 0 Å². The van der Waals surface area contributed by atoms with Gasteiger partial charge in [-0.2, -0.15) is 0 Å². The number of allylic oxidation sites excluding steroid dienone is 8. The molecule has 0 fully saturated rings. The molecule has 0 heterocycles. The summed E-state index contributed by atoms with van der Waals surface area (Å²) in [4.78, 5) is 33.9. The zero-order valence-electron chi connectivity index (χ0n) is 34.4.